The number of rotatable bonds is 7. The van der Waals surface area contributed by atoms with Crippen LogP contribution in [0.2, 0.25) is 0 Å². The largest absolute Gasteiger partial charge is 0.483 e. The zero-order valence-electron chi connectivity index (χ0n) is 16.8. The normalized spacial score (nSPS) is 10.8. The van der Waals surface area contributed by atoms with E-state index in [1.54, 1.807) is 30.3 Å². The molecule has 0 saturated heterocycles. The van der Waals surface area contributed by atoms with Crippen molar-refractivity contribution in [1.29, 1.82) is 0 Å². The maximum absolute atomic E-state index is 12.7. The van der Waals surface area contributed by atoms with Crippen molar-refractivity contribution < 1.29 is 19.1 Å². The van der Waals surface area contributed by atoms with E-state index >= 15 is 0 Å². The summed E-state index contributed by atoms with van der Waals surface area (Å²) in [7, 11) is 0. The van der Waals surface area contributed by atoms with Gasteiger partial charge in [-0.15, -0.1) is 0 Å². The maximum atomic E-state index is 12.7. The molecule has 0 aliphatic carbocycles. The maximum Gasteiger partial charge on any atom is 0.344 e. The number of halogens is 3. The summed E-state index contributed by atoms with van der Waals surface area (Å²) in [5, 5.41) is 3.98. The molecule has 3 rings (SSSR count). The summed E-state index contributed by atoms with van der Waals surface area (Å²) in [5.74, 6) is -0.00130. The number of hydrogen-bond donors (Lipinski definition) is 1. The third kappa shape index (κ3) is 6.63. The lowest BCUT2D eigenvalue weighted by atomic mass is 10.2. The predicted molar refractivity (Wildman–Crippen MR) is 138 cm³/mol. The standard InChI is InChI=1S/C23H17Br2IN2O4/c1-14-6-2-5-9-20(14)31-13-21(29)28-27-12-15-10-16(24)11-18(25)22(15)32-23(30)17-7-3-4-8-19(17)26/h2-12H,13H2,1H3,(H,28,29)/b27-12+. The minimum Gasteiger partial charge on any atom is -0.483 e. The molecule has 0 radical (unpaired) electrons. The van der Waals surface area contributed by atoms with Gasteiger partial charge in [0.2, 0.25) is 0 Å². The van der Waals surface area contributed by atoms with Gasteiger partial charge in [-0.1, -0.05) is 46.3 Å². The zero-order chi connectivity index (χ0) is 23.1. The van der Waals surface area contributed by atoms with Gasteiger partial charge in [-0.3, -0.25) is 4.79 Å². The molecule has 0 bridgehead atoms. The van der Waals surface area contributed by atoms with Crippen molar-refractivity contribution >= 4 is 72.5 Å². The Morgan fingerprint density at radius 3 is 2.56 bits per heavy atom. The second kappa shape index (κ2) is 11.6. The second-order valence-electron chi connectivity index (χ2n) is 6.52. The molecule has 32 heavy (non-hydrogen) atoms. The predicted octanol–water partition coefficient (Wildman–Crippen LogP) is 5.87. The molecular weight excluding hydrogens is 655 g/mol. The molecule has 3 aromatic rings. The van der Waals surface area contributed by atoms with Crippen LogP contribution >= 0.6 is 54.5 Å². The number of hydrazone groups is 1. The van der Waals surface area contributed by atoms with Crippen LogP contribution in [0.4, 0.5) is 0 Å². The van der Waals surface area contributed by atoms with Crippen molar-refractivity contribution in [2.75, 3.05) is 6.61 Å². The van der Waals surface area contributed by atoms with E-state index < -0.39 is 11.9 Å². The third-order valence-electron chi connectivity index (χ3n) is 4.17. The monoisotopic (exact) mass is 670 g/mol. The van der Waals surface area contributed by atoms with Crippen LogP contribution in [0, 0.1) is 10.5 Å². The van der Waals surface area contributed by atoms with Gasteiger partial charge in [0.15, 0.2) is 12.4 Å². The Hall–Kier alpha value is -2.24. The highest BCUT2D eigenvalue weighted by molar-refractivity contribution is 14.1. The molecule has 0 aliphatic rings. The van der Waals surface area contributed by atoms with Crippen molar-refractivity contribution in [2.45, 2.75) is 6.92 Å². The van der Waals surface area contributed by atoms with Crippen LogP contribution in [-0.4, -0.2) is 24.7 Å². The van der Waals surface area contributed by atoms with E-state index in [4.69, 9.17) is 9.47 Å². The number of benzene rings is 3. The number of para-hydroxylation sites is 1. The summed E-state index contributed by atoms with van der Waals surface area (Å²) >= 11 is 8.90. The molecule has 1 N–H and O–H groups in total. The average molecular weight is 672 g/mol. The van der Waals surface area contributed by atoms with Crippen LogP contribution in [0.5, 0.6) is 11.5 Å². The van der Waals surface area contributed by atoms with Gasteiger partial charge in [-0.25, -0.2) is 10.2 Å². The number of aryl methyl sites for hydroxylation is 1. The molecule has 0 atom stereocenters. The molecule has 0 aliphatic heterocycles. The molecule has 9 heteroatoms. The minimum atomic E-state index is -0.497. The number of esters is 1. The number of nitrogens with one attached hydrogen (secondary N) is 1. The van der Waals surface area contributed by atoms with Gasteiger partial charge < -0.3 is 9.47 Å². The lowest BCUT2D eigenvalue weighted by Crippen LogP contribution is -2.24. The van der Waals surface area contributed by atoms with Gasteiger partial charge in [0.1, 0.15) is 5.75 Å². The summed E-state index contributed by atoms with van der Waals surface area (Å²) in [4.78, 5) is 24.7. The van der Waals surface area contributed by atoms with Crippen molar-refractivity contribution in [3.8, 4) is 11.5 Å². The fraction of sp³-hybridized carbons (Fsp3) is 0.0870. The third-order valence-corrected chi connectivity index (χ3v) is 6.16. The van der Waals surface area contributed by atoms with Gasteiger partial charge in [-0.2, -0.15) is 5.10 Å². The summed E-state index contributed by atoms with van der Waals surface area (Å²) in [5.41, 5.74) is 4.29. The number of ether oxygens (including phenoxy) is 2. The molecule has 0 aromatic heterocycles. The summed E-state index contributed by atoms with van der Waals surface area (Å²) in [6.45, 7) is 1.72. The van der Waals surface area contributed by atoms with Crippen molar-refractivity contribution in [3.05, 3.63) is 89.9 Å². The first-order chi connectivity index (χ1) is 15.3. The van der Waals surface area contributed by atoms with Gasteiger partial charge in [0.25, 0.3) is 5.91 Å². The number of carbonyl (C=O) groups excluding carboxylic acids is 2. The number of carbonyl (C=O) groups is 2. The smallest absolute Gasteiger partial charge is 0.344 e. The SMILES string of the molecule is Cc1ccccc1OCC(=O)N/N=C/c1cc(Br)cc(Br)c1OC(=O)c1ccccc1I. The molecule has 0 saturated carbocycles. The topological polar surface area (TPSA) is 77.0 Å². The first-order valence-electron chi connectivity index (χ1n) is 9.31. The summed E-state index contributed by atoms with van der Waals surface area (Å²) < 4.78 is 13.2. The molecule has 0 unspecified atom stereocenters. The van der Waals surface area contributed by atoms with Gasteiger partial charge in [-0.05, 0) is 81.3 Å². The Morgan fingerprint density at radius 2 is 1.81 bits per heavy atom. The second-order valence-corrected chi connectivity index (χ2v) is 9.45. The molecule has 0 fully saturated rings. The average Bonchev–Trinajstić information content (AvgIpc) is 2.75. The molecule has 6 nitrogen and oxygen atoms in total. The fourth-order valence-corrected chi connectivity index (χ4v) is 4.57. The van der Waals surface area contributed by atoms with Crippen LogP contribution in [0.15, 0.2) is 74.7 Å². The van der Waals surface area contributed by atoms with Gasteiger partial charge in [0.05, 0.1) is 16.3 Å². The quantitative estimate of drug-likeness (QED) is 0.112. The van der Waals surface area contributed by atoms with Crippen LogP contribution in [0.25, 0.3) is 0 Å². The van der Waals surface area contributed by atoms with E-state index in [9.17, 15) is 9.59 Å². The Labute approximate surface area is 215 Å². The highest BCUT2D eigenvalue weighted by Gasteiger charge is 2.17. The molecule has 1 amide bonds. The minimum absolute atomic E-state index is 0.182. The van der Waals surface area contributed by atoms with E-state index in [2.05, 4.69) is 65.0 Å². The Kier molecular flexibility index (Phi) is 8.83. The summed E-state index contributed by atoms with van der Waals surface area (Å²) in [6, 6.07) is 18.0. The van der Waals surface area contributed by atoms with Crippen molar-refractivity contribution in [2.24, 2.45) is 5.10 Å². The molecule has 3 aromatic carbocycles. The molecular formula is C23H17Br2IN2O4. The van der Waals surface area contributed by atoms with Crippen LogP contribution in [-0.2, 0) is 4.79 Å². The first kappa shape index (κ1) is 24.4. The van der Waals surface area contributed by atoms with Crippen LogP contribution < -0.4 is 14.9 Å². The number of hydrogen-bond acceptors (Lipinski definition) is 5. The summed E-state index contributed by atoms with van der Waals surface area (Å²) in [6.07, 6.45) is 1.40. The van der Waals surface area contributed by atoms with E-state index in [-0.39, 0.29) is 12.4 Å². The van der Waals surface area contributed by atoms with Gasteiger partial charge >= 0.3 is 5.97 Å². The molecule has 164 valence electrons. The Morgan fingerprint density at radius 1 is 1.09 bits per heavy atom. The van der Waals surface area contributed by atoms with Crippen molar-refractivity contribution in [3.63, 3.8) is 0 Å². The lowest BCUT2D eigenvalue weighted by molar-refractivity contribution is -0.123. The van der Waals surface area contributed by atoms with Gasteiger partial charge in [0, 0.05) is 13.6 Å². The zero-order valence-corrected chi connectivity index (χ0v) is 22.1. The van der Waals surface area contributed by atoms with E-state index in [1.807, 2.05) is 37.3 Å². The van der Waals surface area contributed by atoms with E-state index in [1.165, 1.54) is 6.21 Å². The van der Waals surface area contributed by atoms with E-state index in [0.29, 0.717) is 21.3 Å². The highest BCUT2D eigenvalue weighted by Crippen LogP contribution is 2.33. The lowest BCUT2D eigenvalue weighted by Gasteiger charge is -2.11. The first-order valence-corrected chi connectivity index (χ1v) is 12.0. The highest BCUT2D eigenvalue weighted by atomic mass is 127. The Balaban J connectivity index is 1.70. The van der Waals surface area contributed by atoms with Crippen LogP contribution in [0.1, 0.15) is 21.5 Å². The molecule has 0 heterocycles. The fourth-order valence-electron chi connectivity index (χ4n) is 2.63. The van der Waals surface area contributed by atoms with Crippen LogP contribution in [0.3, 0.4) is 0 Å². The van der Waals surface area contributed by atoms with Crippen molar-refractivity contribution in [1.82, 2.24) is 5.43 Å². The number of amides is 1. The Bertz CT molecular complexity index is 1180. The van der Waals surface area contributed by atoms with E-state index in [0.717, 1.165) is 13.6 Å². The number of nitrogens with zero attached hydrogens (tertiary/aromatic N) is 1. The molecule has 0 spiro atoms.